The molecule has 3 aromatic heterocycles. The van der Waals surface area contributed by atoms with Crippen LogP contribution in [0.1, 0.15) is 31.2 Å². The smallest absolute Gasteiger partial charge is 0.228 e. The van der Waals surface area contributed by atoms with E-state index in [4.69, 9.17) is 0 Å². The van der Waals surface area contributed by atoms with Gasteiger partial charge in [-0.2, -0.15) is 19.7 Å². The van der Waals surface area contributed by atoms with E-state index in [0.29, 0.717) is 29.4 Å². The monoisotopic (exact) mass is 380 g/mol. The van der Waals surface area contributed by atoms with Crippen molar-refractivity contribution in [2.24, 2.45) is 0 Å². The van der Waals surface area contributed by atoms with Crippen molar-refractivity contribution in [1.82, 2.24) is 34.8 Å². The van der Waals surface area contributed by atoms with E-state index in [1.54, 1.807) is 4.52 Å². The highest BCUT2D eigenvalue weighted by Gasteiger charge is 2.15. The lowest BCUT2D eigenvalue weighted by Gasteiger charge is -2.08. The summed E-state index contributed by atoms with van der Waals surface area (Å²) in [5, 5.41) is 15.7. The molecule has 0 atom stereocenters. The minimum absolute atomic E-state index is 0.336. The third kappa shape index (κ3) is 3.50. The van der Waals surface area contributed by atoms with Crippen LogP contribution in [-0.4, -0.2) is 41.0 Å². The minimum Gasteiger partial charge on any atom is -0.347 e. The molecule has 27 heavy (non-hydrogen) atoms. The first-order valence-electron chi connectivity index (χ1n) is 8.66. The van der Waals surface area contributed by atoms with Crippen molar-refractivity contribution in [1.29, 1.82) is 0 Å². The van der Waals surface area contributed by atoms with E-state index in [-0.39, 0.29) is 0 Å². The number of aromatic amines is 1. The first kappa shape index (κ1) is 17.5. The van der Waals surface area contributed by atoms with Gasteiger partial charge in [0, 0.05) is 11.1 Å². The molecule has 0 aliphatic carbocycles. The van der Waals surface area contributed by atoms with Crippen molar-refractivity contribution in [3.8, 4) is 11.4 Å². The van der Waals surface area contributed by atoms with Crippen molar-refractivity contribution in [3.05, 3.63) is 47.9 Å². The fourth-order valence-corrected chi connectivity index (χ4v) is 3.10. The second kappa shape index (κ2) is 7.36. The highest BCUT2D eigenvalue weighted by atomic mass is 32.2. The Hall–Kier alpha value is -2.94. The van der Waals surface area contributed by atoms with Gasteiger partial charge in [0.2, 0.25) is 5.95 Å². The normalized spacial score (nSPS) is 11.4. The number of nitrogens with zero attached hydrogens (tertiary/aromatic N) is 6. The van der Waals surface area contributed by atoms with E-state index in [1.165, 1.54) is 11.8 Å². The van der Waals surface area contributed by atoms with Crippen molar-refractivity contribution in [2.75, 3.05) is 11.6 Å². The maximum absolute atomic E-state index is 4.61. The third-order valence-electron chi connectivity index (χ3n) is 4.16. The summed E-state index contributed by atoms with van der Waals surface area (Å²) in [6.07, 6.45) is 3.82. The van der Waals surface area contributed by atoms with Crippen LogP contribution in [0.25, 0.3) is 17.0 Å². The van der Waals surface area contributed by atoms with Gasteiger partial charge < -0.3 is 5.32 Å². The second-order valence-corrected chi connectivity index (χ2v) is 7.12. The molecule has 3 heterocycles. The van der Waals surface area contributed by atoms with Gasteiger partial charge in [-0.05, 0) is 12.2 Å². The predicted octanol–water partition coefficient (Wildman–Crippen LogP) is 3.37. The molecule has 0 bridgehead atoms. The molecular formula is C18H20N8S. The maximum Gasteiger partial charge on any atom is 0.228 e. The van der Waals surface area contributed by atoms with Crippen LogP contribution in [0.5, 0.6) is 0 Å². The van der Waals surface area contributed by atoms with Crippen LogP contribution in [0.2, 0.25) is 0 Å². The van der Waals surface area contributed by atoms with E-state index in [2.05, 4.69) is 49.4 Å². The van der Waals surface area contributed by atoms with Crippen LogP contribution in [0.15, 0.2) is 41.7 Å². The van der Waals surface area contributed by atoms with Gasteiger partial charge in [-0.3, -0.25) is 5.10 Å². The van der Waals surface area contributed by atoms with E-state index >= 15 is 0 Å². The Labute approximate surface area is 160 Å². The van der Waals surface area contributed by atoms with Gasteiger partial charge in [-0.15, -0.1) is 0 Å². The summed E-state index contributed by atoms with van der Waals surface area (Å²) >= 11 is 1.51. The Bertz CT molecular complexity index is 1050. The number of aromatic nitrogens is 7. The molecular weight excluding hydrogens is 360 g/mol. The Kier molecular flexibility index (Phi) is 4.76. The van der Waals surface area contributed by atoms with Crippen molar-refractivity contribution >= 4 is 23.4 Å². The molecule has 9 heteroatoms. The molecule has 0 aliphatic rings. The summed E-state index contributed by atoms with van der Waals surface area (Å²) < 4.78 is 1.74. The van der Waals surface area contributed by atoms with Gasteiger partial charge in [0.25, 0.3) is 0 Å². The SMILES string of the molecule is CSc1nc(NCc2nc(-c3ccccc3)n[nH]2)n2ncc(C(C)C)c2n1. The molecule has 0 radical (unpaired) electrons. The number of H-pyrrole nitrogens is 1. The number of nitrogens with one attached hydrogen (secondary N) is 2. The van der Waals surface area contributed by atoms with Gasteiger partial charge in [0.15, 0.2) is 16.6 Å². The summed E-state index contributed by atoms with van der Waals surface area (Å²) in [4.78, 5) is 13.7. The third-order valence-corrected chi connectivity index (χ3v) is 4.70. The van der Waals surface area contributed by atoms with Crippen LogP contribution in [0, 0.1) is 0 Å². The molecule has 1 aromatic carbocycles. The van der Waals surface area contributed by atoms with E-state index in [9.17, 15) is 0 Å². The number of anilines is 1. The van der Waals surface area contributed by atoms with Crippen LogP contribution >= 0.6 is 11.8 Å². The minimum atomic E-state index is 0.336. The van der Waals surface area contributed by atoms with Crippen molar-refractivity contribution in [3.63, 3.8) is 0 Å². The van der Waals surface area contributed by atoms with E-state index in [0.717, 1.165) is 22.6 Å². The van der Waals surface area contributed by atoms with E-state index < -0.39 is 0 Å². The first-order valence-corrected chi connectivity index (χ1v) is 9.88. The van der Waals surface area contributed by atoms with Gasteiger partial charge in [0.1, 0.15) is 5.82 Å². The topological polar surface area (TPSA) is 96.7 Å². The molecule has 0 saturated carbocycles. The van der Waals surface area contributed by atoms with Gasteiger partial charge in [-0.25, -0.2) is 9.97 Å². The van der Waals surface area contributed by atoms with Crippen LogP contribution in [0.3, 0.4) is 0 Å². The zero-order chi connectivity index (χ0) is 18.8. The van der Waals surface area contributed by atoms with Gasteiger partial charge >= 0.3 is 0 Å². The number of thioether (sulfide) groups is 1. The average Bonchev–Trinajstić information content (AvgIpc) is 3.33. The molecule has 0 amide bonds. The lowest BCUT2D eigenvalue weighted by Crippen LogP contribution is -2.10. The van der Waals surface area contributed by atoms with Crippen LogP contribution < -0.4 is 5.32 Å². The summed E-state index contributed by atoms with van der Waals surface area (Å²) in [6.45, 7) is 4.71. The van der Waals surface area contributed by atoms with Crippen molar-refractivity contribution < 1.29 is 0 Å². The quantitative estimate of drug-likeness (QED) is 0.495. The molecule has 0 aliphatic heterocycles. The number of benzene rings is 1. The fourth-order valence-electron chi connectivity index (χ4n) is 2.74. The molecule has 8 nitrogen and oxygen atoms in total. The van der Waals surface area contributed by atoms with Gasteiger partial charge in [0.05, 0.1) is 12.7 Å². The highest BCUT2D eigenvalue weighted by Crippen LogP contribution is 2.23. The molecule has 0 saturated heterocycles. The fraction of sp³-hybridized carbons (Fsp3) is 0.278. The molecule has 0 unspecified atom stereocenters. The Morgan fingerprint density at radius 2 is 1.96 bits per heavy atom. The summed E-state index contributed by atoms with van der Waals surface area (Å²) in [5.74, 6) is 2.37. The largest absolute Gasteiger partial charge is 0.347 e. The van der Waals surface area contributed by atoms with Crippen LogP contribution in [-0.2, 0) is 6.54 Å². The first-order chi connectivity index (χ1) is 13.2. The summed E-state index contributed by atoms with van der Waals surface area (Å²) in [5.41, 5.74) is 2.90. The second-order valence-electron chi connectivity index (χ2n) is 6.35. The predicted molar refractivity (Wildman–Crippen MR) is 106 cm³/mol. The Balaban J connectivity index is 1.60. The number of hydrogen-bond donors (Lipinski definition) is 2. The summed E-state index contributed by atoms with van der Waals surface area (Å²) in [7, 11) is 0. The van der Waals surface area contributed by atoms with Crippen LogP contribution in [0.4, 0.5) is 5.95 Å². The Morgan fingerprint density at radius 1 is 1.15 bits per heavy atom. The van der Waals surface area contributed by atoms with Gasteiger partial charge in [-0.1, -0.05) is 55.9 Å². The summed E-state index contributed by atoms with van der Waals surface area (Å²) in [6, 6.07) is 9.87. The zero-order valence-electron chi connectivity index (χ0n) is 15.3. The number of hydrogen-bond acceptors (Lipinski definition) is 7. The Morgan fingerprint density at radius 3 is 2.70 bits per heavy atom. The zero-order valence-corrected chi connectivity index (χ0v) is 16.2. The number of fused-ring (bicyclic) bond motifs is 1. The molecule has 4 aromatic rings. The maximum atomic E-state index is 4.61. The average molecular weight is 380 g/mol. The van der Waals surface area contributed by atoms with E-state index in [1.807, 2.05) is 42.8 Å². The van der Waals surface area contributed by atoms with Crippen molar-refractivity contribution in [2.45, 2.75) is 31.5 Å². The molecule has 4 rings (SSSR count). The number of rotatable bonds is 6. The lowest BCUT2D eigenvalue weighted by molar-refractivity contribution is 0.815. The highest BCUT2D eigenvalue weighted by molar-refractivity contribution is 7.98. The molecule has 0 fully saturated rings. The lowest BCUT2D eigenvalue weighted by atomic mass is 10.1. The molecule has 0 spiro atoms. The standard InChI is InChI=1S/C18H20N8S/c1-11(2)13-9-20-26-16(13)22-18(27-3)23-17(26)19-10-14-21-15(25-24-14)12-7-5-4-6-8-12/h4-9,11H,10H2,1-3H3,(H,19,22,23)(H,21,24,25). The molecule has 2 N–H and O–H groups in total. The molecule has 138 valence electrons.